The molecule has 7 rings (SSSR count). The maximum Gasteiger partial charge on any atom is 0.426 e. The number of benzene rings is 4. The zero-order valence-corrected chi connectivity index (χ0v) is 71.7. The van der Waals surface area contributed by atoms with Crippen LogP contribution in [-0.2, 0) is 93.0 Å². The predicted octanol–water partition coefficient (Wildman–Crippen LogP) is -0.326. The summed E-state index contributed by atoms with van der Waals surface area (Å²) in [5, 5.41) is 58.8. The molecular formula is C82H117N21O18S. The predicted molar refractivity (Wildman–Crippen MR) is 452 cm³/mol. The first-order valence-electron chi connectivity index (χ1n) is 40.2. The number of esters is 1. The summed E-state index contributed by atoms with van der Waals surface area (Å²) in [4.78, 5) is 185. The van der Waals surface area contributed by atoms with Crippen molar-refractivity contribution in [1.82, 2.24) is 72.9 Å². The van der Waals surface area contributed by atoms with E-state index in [2.05, 4.69) is 63.3 Å². The van der Waals surface area contributed by atoms with Gasteiger partial charge in [0.1, 0.15) is 72.6 Å². The Balaban J connectivity index is 1.12. The van der Waals surface area contributed by atoms with Crippen LogP contribution in [0.4, 0.5) is 27.9 Å². The topological polar surface area (TPSA) is 598 Å². The average Bonchev–Trinajstić information content (AvgIpc) is 1.18. The SMILES string of the molecule is Cc1ccc(N(C(=O)Oc2c(COC(=O)C(C)C(C)C(=O)N[C@H](C(=O)N[C@H](CCN)C(=O)N[C@H]3CCNC(=O)[C@@H]([C@@H](C)O)NC(=O)[C@@H](CCN)NC(=O)[C@@H](CCN)NC(=O)[C@@H](CC(C)C)NC(=O)[C@@H](Cc4ccccc4)NC(=O)[C@@H](CCN)NC3=O)[C@@H](C)O)cccc2C(C)(C)C)c2nccc(N(C)c3ccc4c(C)n(C)nc4c3)n2)cc1S(N)(=O)=O. The van der Waals surface area contributed by atoms with E-state index in [4.69, 9.17) is 42.5 Å². The van der Waals surface area contributed by atoms with Gasteiger partial charge in [0.2, 0.25) is 75.0 Å². The van der Waals surface area contributed by atoms with Gasteiger partial charge in [0.25, 0.3) is 0 Å². The smallest absolute Gasteiger partial charge is 0.426 e. The number of carbonyl (C=O) groups is 12. The van der Waals surface area contributed by atoms with E-state index in [0.717, 1.165) is 22.9 Å². The van der Waals surface area contributed by atoms with E-state index in [1.165, 1.54) is 58.2 Å². The number of ether oxygens (including phenoxy) is 2. The van der Waals surface area contributed by atoms with Crippen LogP contribution in [0.2, 0.25) is 0 Å². The molecule has 2 unspecified atom stereocenters. The number of aryl methyl sites for hydroxylation is 3. The molecule has 13 atom stereocenters. The molecule has 11 amide bonds. The quantitative estimate of drug-likeness (QED) is 0.0257. The molecule has 40 heteroatoms. The number of rotatable bonds is 30. The van der Waals surface area contributed by atoms with Crippen molar-refractivity contribution in [2.75, 3.05) is 49.6 Å². The average molecular weight is 1720 g/mol. The Hall–Kier alpha value is -11.7. The molecule has 1 aliphatic rings. The summed E-state index contributed by atoms with van der Waals surface area (Å²) in [6, 6.07) is 10.4. The summed E-state index contributed by atoms with van der Waals surface area (Å²) in [7, 11) is -0.807. The van der Waals surface area contributed by atoms with Crippen LogP contribution in [0.5, 0.6) is 5.75 Å². The number of nitrogens with zero attached hydrogens (tertiary/aromatic N) is 6. The number of carbonyl (C=O) groups excluding carboxylic acids is 12. The fraction of sp³-hybridized carbons (Fsp3) is 0.500. The van der Waals surface area contributed by atoms with Gasteiger partial charge in [-0.25, -0.2) is 28.2 Å². The van der Waals surface area contributed by atoms with Gasteiger partial charge in [-0.2, -0.15) is 10.1 Å². The summed E-state index contributed by atoms with van der Waals surface area (Å²) in [6.45, 7) is 15.6. The van der Waals surface area contributed by atoms with Crippen LogP contribution in [0.1, 0.15) is 129 Å². The minimum absolute atomic E-state index is 0.0105. The third-order valence-corrected chi connectivity index (χ3v) is 21.7. The van der Waals surface area contributed by atoms with Crippen LogP contribution >= 0.6 is 0 Å². The van der Waals surface area contributed by atoms with E-state index in [-0.39, 0.29) is 104 Å². The van der Waals surface area contributed by atoms with Crippen molar-refractivity contribution in [2.45, 2.75) is 205 Å². The molecule has 664 valence electrons. The molecule has 0 radical (unpaired) electrons. The number of aliphatic hydroxyl groups is 2. The molecule has 2 aromatic heterocycles. The van der Waals surface area contributed by atoms with E-state index >= 15 is 4.79 Å². The van der Waals surface area contributed by atoms with Crippen molar-refractivity contribution < 1.29 is 85.6 Å². The number of primary sulfonamides is 1. The van der Waals surface area contributed by atoms with Crippen molar-refractivity contribution in [3.8, 4) is 5.75 Å². The number of fused-ring (bicyclic) bond motifs is 1. The lowest BCUT2D eigenvalue weighted by Gasteiger charge is -2.29. The molecule has 22 N–H and O–H groups in total. The Morgan fingerprint density at radius 1 is 0.664 bits per heavy atom. The van der Waals surface area contributed by atoms with Gasteiger partial charge in [-0.05, 0) is 151 Å². The van der Waals surface area contributed by atoms with E-state index in [1.54, 1.807) is 79.0 Å². The largest absolute Gasteiger partial charge is 0.460 e. The molecule has 1 saturated heterocycles. The Kier molecular flexibility index (Phi) is 35.3. The maximum atomic E-state index is 15.2. The van der Waals surface area contributed by atoms with Gasteiger partial charge in [-0.1, -0.05) is 103 Å². The molecule has 122 heavy (non-hydrogen) atoms. The number of sulfonamides is 1. The van der Waals surface area contributed by atoms with E-state index in [9.17, 15) is 71.4 Å². The van der Waals surface area contributed by atoms with Gasteiger partial charge in [-0.3, -0.25) is 57.4 Å². The number of aromatic nitrogens is 4. The lowest BCUT2D eigenvalue weighted by molar-refractivity contribution is -0.153. The zero-order valence-electron chi connectivity index (χ0n) is 70.9. The van der Waals surface area contributed by atoms with Gasteiger partial charge >= 0.3 is 12.1 Å². The fourth-order valence-electron chi connectivity index (χ4n) is 13.4. The van der Waals surface area contributed by atoms with E-state index in [1.807, 2.05) is 52.9 Å². The molecule has 1 fully saturated rings. The molecule has 39 nitrogen and oxygen atoms in total. The highest BCUT2D eigenvalue weighted by atomic mass is 32.2. The number of anilines is 4. The van der Waals surface area contributed by atoms with Crippen molar-refractivity contribution in [2.24, 2.45) is 52.9 Å². The molecule has 0 bridgehead atoms. The highest BCUT2D eigenvalue weighted by molar-refractivity contribution is 7.89. The summed E-state index contributed by atoms with van der Waals surface area (Å²) >= 11 is 0. The van der Waals surface area contributed by atoms with Crippen molar-refractivity contribution in [1.29, 1.82) is 0 Å². The number of aliphatic hydroxyl groups excluding tert-OH is 2. The second-order valence-corrected chi connectivity index (χ2v) is 33.2. The molecule has 6 aromatic rings. The second kappa shape index (κ2) is 44.2. The highest BCUT2D eigenvalue weighted by Crippen LogP contribution is 2.38. The molecule has 0 aliphatic carbocycles. The number of hydrogen-bond acceptors (Lipinski definition) is 26. The maximum absolute atomic E-state index is 15.2. The van der Waals surface area contributed by atoms with Crippen molar-refractivity contribution >= 4 is 115 Å². The van der Waals surface area contributed by atoms with Crippen LogP contribution in [-0.4, -0.2) is 216 Å². The van der Waals surface area contributed by atoms with Crippen LogP contribution in [0.15, 0.2) is 102 Å². The lowest BCUT2D eigenvalue weighted by Crippen LogP contribution is -2.61. The first-order valence-corrected chi connectivity index (χ1v) is 41.7. The molecule has 4 aromatic carbocycles. The monoisotopic (exact) mass is 1720 g/mol. The van der Waals surface area contributed by atoms with Gasteiger partial charge in [0, 0.05) is 67.1 Å². The number of hydrogen-bond donors (Lipinski definition) is 17. The Bertz CT molecular complexity index is 4850. The zero-order chi connectivity index (χ0) is 90.4. The van der Waals surface area contributed by atoms with Gasteiger partial charge in [-0.15, -0.1) is 0 Å². The standard InChI is InChI=1S/C82H117N21O18S/c1-43(2)38-62-75(112)92-56(26-32-83)70(107)91-59(29-35-86)74(111)99-66(48(7)104)77(114)88-36-30-60(73(110)90-57(27-33-84)72(109)96-63(76(113)95-62)39-50-18-15-14-16-19-50)93-71(108)58(28-34-85)94-78(115)67(49(8)105)98-69(106)45(4)46(5)79(116)120-42-51-20-17-21-55(82(9,10)11)68(51)121-81(117)103(53-23-22-44(3)64(41-53)122(87,118)119)80-89-37-31-65(97-80)101(12)52-24-25-54-47(6)102(13)100-61(54)40-52/h14-25,31,37,40-41,43,45-46,48-49,56-60,62-63,66-67,104-105H,26-30,32-36,38-39,42,83-86H2,1-13H3,(H,88,114)(H,90,110)(H,91,107)(H,92,112)(H,93,108)(H,94,115)(H,95,113)(H,96,109)(H,98,106)(H,99,111)(H2,87,118,119)/t45?,46?,48-,49-,56-,57-,58-,59-,60+,62-,63-,66-,67+/m1/s1. The molecule has 0 spiro atoms. The molecular weight excluding hydrogens is 1600 g/mol. The first-order chi connectivity index (χ1) is 57.5. The molecule has 3 heterocycles. The third-order valence-electron chi connectivity index (χ3n) is 20.7. The first kappa shape index (κ1) is 97.5. The minimum atomic E-state index is -4.38. The summed E-state index contributed by atoms with van der Waals surface area (Å²) in [5.74, 6) is -13.8. The van der Waals surface area contributed by atoms with Crippen LogP contribution in [0.25, 0.3) is 10.9 Å². The van der Waals surface area contributed by atoms with Gasteiger partial charge < -0.3 is 101 Å². The summed E-state index contributed by atoms with van der Waals surface area (Å²) in [5.41, 5.74) is 26.7. The Labute approximate surface area is 708 Å². The number of nitrogens with two attached hydrogens (primary N) is 5. The summed E-state index contributed by atoms with van der Waals surface area (Å²) in [6.07, 6.45) is -4.77. The fourth-order valence-corrected chi connectivity index (χ4v) is 14.2. The number of para-hydroxylation sites is 1. The lowest BCUT2D eigenvalue weighted by atomic mass is 9.85. The highest BCUT2D eigenvalue weighted by Gasteiger charge is 2.40. The van der Waals surface area contributed by atoms with Gasteiger partial charge in [0.15, 0.2) is 0 Å². The molecule has 0 saturated carbocycles. The number of nitrogens with one attached hydrogen (secondary N) is 10. The second-order valence-electron chi connectivity index (χ2n) is 31.7. The normalized spacial score (nSPS) is 19.7. The van der Waals surface area contributed by atoms with Crippen molar-refractivity contribution in [3.63, 3.8) is 0 Å². The Morgan fingerprint density at radius 2 is 1.25 bits per heavy atom. The van der Waals surface area contributed by atoms with Gasteiger partial charge in [0.05, 0.1) is 34.2 Å². The van der Waals surface area contributed by atoms with E-state index in [0.29, 0.717) is 28.1 Å². The summed E-state index contributed by atoms with van der Waals surface area (Å²) < 4.78 is 40.0. The van der Waals surface area contributed by atoms with Crippen molar-refractivity contribution in [3.05, 3.63) is 125 Å². The number of amides is 11. The molecule has 1 aliphatic heterocycles. The van der Waals surface area contributed by atoms with Crippen LogP contribution < -0.4 is 95.8 Å². The third kappa shape index (κ3) is 26.4. The van der Waals surface area contributed by atoms with Crippen LogP contribution in [0, 0.1) is 31.6 Å². The Morgan fingerprint density at radius 3 is 1.83 bits per heavy atom. The van der Waals surface area contributed by atoms with Crippen LogP contribution in [0.3, 0.4) is 0 Å². The minimum Gasteiger partial charge on any atom is -0.460 e. The van der Waals surface area contributed by atoms with E-state index < -0.39 is 185 Å².